The zero-order chi connectivity index (χ0) is 23.1. The zero-order valence-electron chi connectivity index (χ0n) is 16.9. The first-order valence-electron chi connectivity index (χ1n) is 9.60. The predicted octanol–water partition coefficient (Wildman–Crippen LogP) is 3.22. The number of anilines is 2. The molecule has 0 bridgehead atoms. The molecule has 11 heteroatoms. The quantitative estimate of drug-likeness (QED) is 0.503. The predicted molar refractivity (Wildman–Crippen MR) is 114 cm³/mol. The van der Waals surface area contributed by atoms with E-state index in [0.717, 1.165) is 12.1 Å². The summed E-state index contributed by atoms with van der Waals surface area (Å²) in [5.41, 5.74) is 7.23. The van der Waals surface area contributed by atoms with Crippen LogP contribution in [0.2, 0.25) is 0 Å². The Morgan fingerprint density at radius 2 is 1.72 bits per heavy atom. The van der Waals surface area contributed by atoms with Gasteiger partial charge in [-0.15, -0.1) is 0 Å². The van der Waals surface area contributed by atoms with Crippen molar-refractivity contribution in [3.63, 3.8) is 0 Å². The highest BCUT2D eigenvalue weighted by Gasteiger charge is 2.58. The SMILES string of the molecule is CNC(=O)Nc1ccc(-c2nc(N)cc(C3(S(=O)(=O)c4ccc(F)c(F)c4)CC3)n2)cc1. The number of halogens is 2. The Kier molecular flexibility index (Phi) is 5.29. The number of carbonyl (C=O) groups is 1. The maximum absolute atomic E-state index is 13.7. The summed E-state index contributed by atoms with van der Waals surface area (Å²) >= 11 is 0. The average Bonchev–Trinajstić information content (AvgIpc) is 3.58. The van der Waals surface area contributed by atoms with Crippen molar-refractivity contribution < 1.29 is 22.0 Å². The molecule has 1 saturated carbocycles. The molecule has 8 nitrogen and oxygen atoms in total. The Bertz CT molecular complexity index is 1310. The molecule has 1 heterocycles. The fourth-order valence-electron chi connectivity index (χ4n) is 3.37. The van der Waals surface area contributed by atoms with Gasteiger partial charge in [0.1, 0.15) is 10.6 Å². The van der Waals surface area contributed by atoms with Gasteiger partial charge in [0.15, 0.2) is 27.3 Å². The van der Waals surface area contributed by atoms with E-state index in [-0.39, 0.29) is 41.1 Å². The van der Waals surface area contributed by atoms with Crippen molar-refractivity contribution in [1.82, 2.24) is 15.3 Å². The highest BCUT2D eigenvalue weighted by molar-refractivity contribution is 7.92. The minimum absolute atomic E-state index is 0.0734. The molecule has 166 valence electrons. The van der Waals surface area contributed by atoms with E-state index in [1.807, 2.05) is 0 Å². The number of hydrogen-bond donors (Lipinski definition) is 3. The molecule has 4 N–H and O–H groups in total. The molecule has 0 radical (unpaired) electrons. The van der Waals surface area contributed by atoms with Crippen LogP contribution in [0.25, 0.3) is 11.4 Å². The number of hydrogen-bond acceptors (Lipinski definition) is 6. The number of urea groups is 1. The van der Waals surface area contributed by atoms with Gasteiger partial charge in [-0.1, -0.05) is 0 Å². The Morgan fingerprint density at radius 1 is 1.03 bits per heavy atom. The lowest BCUT2D eigenvalue weighted by Crippen LogP contribution is -2.24. The van der Waals surface area contributed by atoms with Crippen molar-refractivity contribution in [1.29, 1.82) is 0 Å². The van der Waals surface area contributed by atoms with Crippen molar-refractivity contribution in [3.8, 4) is 11.4 Å². The van der Waals surface area contributed by atoms with Crippen LogP contribution in [0.5, 0.6) is 0 Å². The number of nitrogens with zero attached hydrogens (tertiary/aromatic N) is 2. The molecule has 1 aliphatic rings. The Morgan fingerprint density at radius 3 is 2.31 bits per heavy atom. The molecule has 4 rings (SSSR count). The summed E-state index contributed by atoms with van der Waals surface area (Å²) in [7, 11) is -2.57. The van der Waals surface area contributed by atoms with Crippen molar-refractivity contribution in [2.75, 3.05) is 18.1 Å². The largest absolute Gasteiger partial charge is 0.384 e. The van der Waals surface area contributed by atoms with Gasteiger partial charge in [0.2, 0.25) is 0 Å². The fourth-order valence-corrected chi connectivity index (χ4v) is 5.35. The number of nitrogens with two attached hydrogens (primary N) is 1. The van der Waals surface area contributed by atoms with Crippen molar-refractivity contribution in [2.45, 2.75) is 22.5 Å². The van der Waals surface area contributed by atoms with E-state index in [2.05, 4.69) is 20.6 Å². The molecule has 3 aromatic rings. The van der Waals surface area contributed by atoms with E-state index < -0.39 is 26.2 Å². The van der Waals surface area contributed by atoms with Crippen molar-refractivity contribution in [2.24, 2.45) is 0 Å². The molecule has 0 aliphatic heterocycles. The van der Waals surface area contributed by atoms with Crippen LogP contribution >= 0.6 is 0 Å². The molecule has 0 unspecified atom stereocenters. The van der Waals surface area contributed by atoms with E-state index in [4.69, 9.17) is 5.73 Å². The van der Waals surface area contributed by atoms with E-state index in [9.17, 15) is 22.0 Å². The highest BCUT2D eigenvalue weighted by Crippen LogP contribution is 2.55. The number of carbonyl (C=O) groups excluding carboxylic acids is 1. The van der Waals surface area contributed by atoms with Gasteiger partial charge in [-0.05, 0) is 55.3 Å². The molecule has 0 spiro atoms. The lowest BCUT2D eigenvalue weighted by molar-refractivity contribution is 0.254. The van der Waals surface area contributed by atoms with Crippen LogP contribution in [0.4, 0.5) is 25.1 Å². The number of amides is 2. The van der Waals surface area contributed by atoms with Gasteiger partial charge < -0.3 is 16.4 Å². The van der Waals surface area contributed by atoms with Gasteiger partial charge in [0.25, 0.3) is 0 Å². The normalized spacial score (nSPS) is 14.6. The minimum Gasteiger partial charge on any atom is -0.384 e. The first-order chi connectivity index (χ1) is 15.2. The first-order valence-corrected chi connectivity index (χ1v) is 11.1. The van der Waals surface area contributed by atoms with Gasteiger partial charge in [-0.2, -0.15) is 0 Å². The maximum Gasteiger partial charge on any atom is 0.318 e. The number of sulfone groups is 1. The Hall–Kier alpha value is -3.60. The molecule has 0 saturated heterocycles. The van der Waals surface area contributed by atoms with Gasteiger partial charge in [0.05, 0.1) is 10.6 Å². The Balaban J connectivity index is 1.71. The number of nitrogen functional groups attached to an aromatic ring is 1. The van der Waals surface area contributed by atoms with Gasteiger partial charge in [-0.3, -0.25) is 0 Å². The highest BCUT2D eigenvalue weighted by atomic mass is 32.2. The average molecular weight is 459 g/mol. The molecule has 1 fully saturated rings. The van der Waals surface area contributed by atoms with Crippen LogP contribution in [0.3, 0.4) is 0 Å². The summed E-state index contributed by atoms with van der Waals surface area (Å²) < 4.78 is 52.2. The molecular weight excluding hydrogens is 440 g/mol. The summed E-state index contributed by atoms with van der Waals surface area (Å²) in [4.78, 5) is 19.7. The maximum atomic E-state index is 13.7. The smallest absolute Gasteiger partial charge is 0.318 e. The lowest BCUT2D eigenvalue weighted by atomic mass is 10.1. The van der Waals surface area contributed by atoms with Gasteiger partial charge >= 0.3 is 6.03 Å². The van der Waals surface area contributed by atoms with E-state index in [0.29, 0.717) is 17.3 Å². The van der Waals surface area contributed by atoms with Crippen LogP contribution in [-0.4, -0.2) is 31.5 Å². The van der Waals surface area contributed by atoms with E-state index in [1.165, 1.54) is 13.1 Å². The summed E-state index contributed by atoms with van der Waals surface area (Å²) in [6.45, 7) is 0. The standard InChI is InChI=1S/C21H19F2N5O3S/c1-25-20(29)26-13-4-2-12(3-5-13)19-27-17(11-18(24)28-19)21(8-9-21)32(30,31)14-6-7-15(22)16(23)10-14/h2-7,10-11H,8-9H2,1H3,(H2,24,27,28)(H2,25,26,29). The monoisotopic (exact) mass is 459 g/mol. The van der Waals surface area contributed by atoms with Crippen LogP contribution in [0.15, 0.2) is 53.4 Å². The summed E-state index contributed by atoms with van der Waals surface area (Å²) in [6.07, 6.45) is 0.526. The molecule has 0 atom stereocenters. The van der Waals surface area contributed by atoms with Crippen LogP contribution in [0, 0.1) is 11.6 Å². The molecular formula is C21H19F2N5O3S. The van der Waals surface area contributed by atoms with Crippen molar-refractivity contribution >= 4 is 27.4 Å². The summed E-state index contributed by atoms with van der Waals surface area (Å²) in [5.74, 6) is -2.09. The van der Waals surface area contributed by atoms with Gasteiger partial charge in [-0.25, -0.2) is 32.0 Å². The van der Waals surface area contributed by atoms with E-state index >= 15 is 0 Å². The summed E-state index contributed by atoms with van der Waals surface area (Å²) in [5, 5.41) is 5.06. The first kappa shape index (κ1) is 21.6. The number of rotatable bonds is 5. The number of nitrogens with one attached hydrogen (secondary N) is 2. The second-order valence-electron chi connectivity index (χ2n) is 7.36. The van der Waals surface area contributed by atoms with Crippen LogP contribution < -0.4 is 16.4 Å². The second-order valence-corrected chi connectivity index (χ2v) is 9.62. The van der Waals surface area contributed by atoms with Crippen LogP contribution in [-0.2, 0) is 14.6 Å². The second kappa shape index (κ2) is 7.83. The molecule has 1 aromatic heterocycles. The Labute approximate surface area is 182 Å². The van der Waals surface area contributed by atoms with Crippen molar-refractivity contribution in [3.05, 3.63) is 65.9 Å². The topological polar surface area (TPSA) is 127 Å². The lowest BCUT2D eigenvalue weighted by Gasteiger charge is -2.17. The number of aromatic nitrogens is 2. The summed E-state index contributed by atoms with van der Waals surface area (Å²) in [6, 6.07) is 10.1. The molecule has 32 heavy (non-hydrogen) atoms. The third-order valence-electron chi connectivity index (χ3n) is 5.26. The third kappa shape index (κ3) is 3.75. The third-order valence-corrected chi connectivity index (χ3v) is 7.78. The minimum atomic E-state index is -4.07. The zero-order valence-corrected chi connectivity index (χ0v) is 17.7. The van der Waals surface area contributed by atoms with Gasteiger partial charge in [0, 0.05) is 24.4 Å². The van der Waals surface area contributed by atoms with E-state index in [1.54, 1.807) is 24.3 Å². The number of benzene rings is 2. The molecule has 2 aromatic carbocycles. The molecule has 1 aliphatic carbocycles. The van der Waals surface area contributed by atoms with Crippen LogP contribution in [0.1, 0.15) is 18.5 Å². The fraction of sp³-hybridized carbons (Fsp3) is 0.190. The molecule has 2 amide bonds.